The molecule has 1 heterocycles. The number of piperazine rings is 1. The Morgan fingerprint density at radius 1 is 1.08 bits per heavy atom. The minimum Gasteiger partial charge on any atom is -0.497 e. The van der Waals surface area contributed by atoms with E-state index in [1.165, 1.54) is 0 Å². The van der Waals surface area contributed by atoms with Crippen molar-refractivity contribution in [1.29, 1.82) is 0 Å². The zero-order valence-electron chi connectivity index (χ0n) is 14.4. The summed E-state index contributed by atoms with van der Waals surface area (Å²) in [5.74, 6) is -1.71. The number of ether oxygens (including phenoxy) is 1. The van der Waals surface area contributed by atoms with Crippen LogP contribution in [0.3, 0.4) is 0 Å². The van der Waals surface area contributed by atoms with E-state index in [4.69, 9.17) is 4.74 Å². The molecule has 1 amide bonds. The fourth-order valence-corrected chi connectivity index (χ4v) is 3.44. The molecule has 0 N–H and O–H groups in total. The molecule has 0 saturated carbocycles. The van der Waals surface area contributed by atoms with Crippen LogP contribution in [0.15, 0.2) is 53.4 Å². The smallest absolute Gasteiger partial charge is 0.288 e. The molecule has 2 aromatic carbocycles. The van der Waals surface area contributed by atoms with Crippen LogP contribution in [0, 0.1) is 0 Å². The first-order valence-electron chi connectivity index (χ1n) is 8.30. The van der Waals surface area contributed by atoms with Crippen molar-refractivity contribution in [2.45, 2.75) is 10.7 Å². The van der Waals surface area contributed by atoms with Gasteiger partial charge in [0, 0.05) is 48.4 Å². The number of methoxy groups -OCH3 is 1. The van der Waals surface area contributed by atoms with Gasteiger partial charge in [0.2, 0.25) is 0 Å². The van der Waals surface area contributed by atoms with E-state index in [-0.39, 0.29) is 5.91 Å². The second kappa shape index (κ2) is 8.40. The largest absolute Gasteiger partial charge is 0.497 e. The molecule has 1 aliphatic rings. The molecule has 138 valence electrons. The summed E-state index contributed by atoms with van der Waals surface area (Å²) < 4.78 is 30.0. The minimum atomic E-state index is -2.46. The fraction of sp³-hybridized carbons (Fsp3) is 0.316. The van der Waals surface area contributed by atoms with Gasteiger partial charge in [-0.25, -0.2) is 0 Å². The van der Waals surface area contributed by atoms with Gasteiger partial charge in [-0.15, -0.1) is 0 Å². The molecule has 0 bridgehead atoms. The minimum absolute atomic E-state index is 0.0658. The zero-order chi connectivity index (χ0) is 18.5. The Labute approximate surface area is 155 Å². The van der Waals surface area contributed by atoms with Crippen molar-refractivity contribution in [3.05, 3.63) is 54.1 Å². The molecule has 1 aliphatic heterocycles. The molecule has 3 rings (SSSR count). The predicted molar refractivity (Wildman–Crippen MR) is 99.4 cm³/mol. The molecular formula is C19H20F2N2O2S. The Morgan fingerprint density at radius 3 is 2.38 bits per heavy atom. The zero-order valence-corrected chi connectivity index (χ0v) is 15.2. The number of rotatable bonds is 5. The van der Waals surface area contributed by atoms with Gasteiger partial charge in [0.1, 0.15) is 5.75 Å². The van der Waals surface area contributed by atoms with E-state index in [0.717, 1.165) is 24.5 Å². The van der Waals surface area contributed by atoms with Crippen LogP contribution in [-0.2, 0) is 0 Å². The number of hydrogen-bond acceptors (Lipinski definition) is 4. The lowest BCUT2D eigenvalue weighted by atomic mass is 10.1. The number of benzene rings is 2. The lowest BCUT2D eigenvalue weighted by Gasteiger charge is -2.36. The van der Waals surface area contributed by atoms with E-state index < -0.39 is 5.76 Å². The summed E-state index contributed by atoms with van der Waals surface area (Å²) in [5.41, 5.74) is 1.60. The summed E-state index contributed by atoms with van der Waals surface area (Å²) >= 11 is 0.480. The Bertz CT molecular complexity index is 747. The van der Waals surface area contributed by atoms with Gasteiger partial charge < -0.3 is 14.5 Å². The molecule has 0 aliphatic carbocycles. The number of anilines is 1. The van der Waals surface area contributed by atoms with Crippen molar-refractivity contribution in [1.82, 2.24) is 4.90 Å². The van der Waals surface area contributed by atoms with Crippen molar-refractivity contribution in [2.24, 2.45) is 0 Å². The number of halogens is 2. The fourth-order valence-electron chi connectivity index (χ4n) is 2.94. The highest BCUT2D eigenvalue weighted by molar-refractivity contribution is 7.99. The predicted octanol–water partition coefficient (Wildman–Crippen LogP) is 3.97. The third kappa shape index (κ3) is 4.46. The van der Waals surface area contributed by atoms with E-state index in [1.807, 2.05) is 24.3 Å². The molecule has 0 radical (unpaired) electrons. The number of nitrogens with zero attached hydrogens (tertiary/aromatic N) is 2. The van der Waals surface area contributed by atoms with E-state index in [9.17, 15) is 13.6 Å². The Kier molecular flexibility index (Phi) is 5.98. The molecule has 4 nitrogen and oxygen atoms in total. The van der Waals surface area contributed by atoms with Gasteiger partial charge in [0.05, 0.1) is 7.11 Å². The van der Waals surface area contributed by atoms with Crippen LogP contribution in [0.1, 0.15) is 10.4 Å². The highest BCUT2D eigenvalue weighted by atomic mass is 32.2. The summed E-state index contributed by atoms with van der Waals surface area (Å²) in [4.78, 5) is 17.1. The Balaban J connectivity index is 1.59. The van der Waals surface area contributed by atoms with Crippen LogP contribution < -0.4 is 9.64 Å². The monoisotopic (exact) mass is 378 g/mol. The Morgan fingerprint density at radius 2 is 1.77 bits per heavy atom. The van der Waals surface area contributed by atoms with Gasteiger partial charge in [-0.1, -0.05) is 17.8 Å². The van der Waals surface area contributed by atoms with Gasteiger partial charge in [-0.2, -0.15) is 8.78 Å². The van der Waals surface area contributed by atoms with Crippen LogP contribution in [0.2, 0.25) is 0 Å². The maximum atomic E-state index is 12.6. The van der Waals surface area contributed by atoms with Crippen molar-refractivity contribution in [3.63, 3.8) is 0 Å². The molecule has 7 heteroatoms. The maximum absolute atomic E-state index is 12.6. The molecule has 0 unspecified atom stereocenters. The standard InChI is InChI=1S/C19H20F2N2O2S/c1-25-16-4-2-3-15(13-16)22-9-11-23(12-10-22)18(24)14-5-7-17(8-6-14)26-19(20)21/h2-8,13,19H,9-12H2,1H3. The highest BCUT2D eigenvalue weighted by Crippen LogP contribution is 2.26. The third-order valence-electron chi connectivity index (χ3n) is 4.31. The summed E-state index contributed by atoms with van der Waals surface area (Å²) in [6, 6.07) is 14.2. The summed E-state index contributed by atoms with van der Waals surface area (Å²) in [6.45, 7) is 2.70. The van der Waals surface area contributed by atoms with Gasteiger partial charge >= 0.3 is 0 Å². The van der Waals surface area contributed by atoms with E-state index in [0.29, 0.717) is 35.3 Å². The van der Waals surface area contributed by atoms with E-state index in [2.05, 4.69) is 4.90 Å². The normalized spacial score (nSPS) is 14.6. The second-order valence-corrected chi connectivity index (χ2v) is 6.95. The number of thioether (sulfide) groups is 1. The number of carbonyl (C=O) groups excluding carboxylic acids is 1. The molecular weight excluding hydrogens is 358 g/mol. The number of alkyl halides is 2. The summed E-state index contributed by atoms with van der Waals surface area (Å²) in [6.07, 6.45) is 0. The third-order valence-corrected chi connectivity index (χ3v) is 5.03. The lowest BCUT2D eigenvalue weighted by Crippen LogP contribution is -2.48. The summed E-state index contributed by atoms with van der Waals surface area (Å²) in [7, 11) is 1.64. The highest BCUT2D eigenvalue weighted by Gasteiger charge is 2.22. The van der Waals surface area contributed by atoms with Gasteiger partial charge in [-0.3, -0.25) is 4.79 Å². The summed E-state index contributed by atoms with van der Waals surface area (Å²) in [5, 5.41) is 0. The van der Waals surface area contributed by atoms with Crippen LogP contribution in [0.4, 0.5) is 14.5 Å². The lowest BCUT2D eigenvalue weighted by molar-refractivity contribution is 0.0746. The van der Waals surface area contributed by atoms with Crippen molar-refractivity contribution >= 4 is 23.4 Å². The molecule has 1 fully saturated rings. The van der Waals surface area contributed by atoms with Crippen molar-refractivity contribution in [2.75, 3.05) is 38.2 Å². The molecule has 0 spiro atoms. The quantitative estimate of drug-likeness (QED) is 0.737. The number of amides is 1. The first-order valence-corrected chi connectivity index (χ1v) is 9.18. The average molecular weight is 378 g/mol. The van der Waals surface area contributed by atoms with Crippen LogP contribution >= 0.6 is 11.8 Å². The van der Waals surface area contributed by atoms with Crippen molar-refractivity contribution < 1.29 is 18.3 Å². The topological polar surface area (TPSA) is 32.8 Å². The average Bonchev–Trinajstić information content (AvgIpc) is 2.68. The molecule has 1 saturated heterocycles. The first kappa shape index (κ1) is 18.5. The molecule has 0 aromatic heterocycles. The first-order chi connectivity index (χ1) is 12.6. The second-order valence-electron chi connectivity index (χ2n) is 5.88. The molecule has 26 heavy (non-hydrogen) atoms. The van der Waals surface area contributed by atoms with Crippen LogP contribution in [-0.4, -0.2) is 49.9 Å². The van der Waals surface area contributed by atoms with E-state index in [1.54, 1.807) is 36.3 Å². The maximum Gasteiger partial charge on any atom is 0.288 e. The number of carbonyl (C=O) groups is 1. The van der Waals surface area contributed by atoms with Crippen LogP contribution in [0.5, 0.6) is 5.75 Å². The van der Waals surface area contributed by atoms with Crippen LogP contribution in [0.25, 0.3) is 0 Å². The van der Waals surface area contributed by atoms with Gasteiger partial charge in [-0.05, 0) is 36.4 Å². The SMILES string of the molecule is COc1cccc(N2CCN(C(=O)c3ccc(SC(F)F)cc3)CC2)c1. The van der Waals surface area contributed by atoms with Gasteiger partial charge in [0.25, 0.3) is 11.7 Å². The van der Waals surface area contributed by atoms with E-state index >= 15 is 0 Å². The number of hydrogen-bond donors (Lipinski definition) is 0. The molecule has 0 atom stereocenters. The van der Waals surface area contributed by atoms with Crippen molar-refractivity contribution in [3.8, 4) is 5.75 Å². The Hall–Kier alpha value is -2.28. The van der Waals surface area contributed by atoms with Gasteiger partial charge in [0.15, 0.2) is 0 Å². The molecule has 2 aromatic rings.